The summed E-state index contributed by atoms with van der Waals surface area (Å²) in [6.07, 6.45) is 0. The summed E-state index contributed by atoms with van der Waals surface area (Å²) in [7, 11) is 0. The molecular formula is C21H18N4O4S. The van der Waals surface area contributed by atoms with E-state index in [1.165, 1.54) is 12.1 Å². The SMILES string of the molecule is Cc1ccc(C)c(-n2c(C)nnc2SCC(=O)ON2C(=O)c3ccccc3C2=O)c1. The van der Waals surface area contributed by atoms with Crippen molar-refractivity contribution < 1.29 is 19.2 Å². The Morgan fingerprint density at radius 1 is 1.00 bits per heavy atom. The second-order valence-electron chi connectivity index (χ2n) is 6.86. The minimum absolute atomic E-state index is 0.142. The van der Waals surface area contributed by atoms with Crippen LogP contribution in [0.1, 0.15) is 37.7 Å². The molecule has 2 aromatic carbocycles. The molecule has 0 aliphatic carbocycles. The monoisotopic (exact) mass is 422 g/mol. The number of aryl methyl sites for hydroxylation is 3. The van der Waals surface area contributed by atoms with E-state index in [9.17, 15) is 14.4 Å². The van der Waals surface area contributed by atoms with Gasteiger partial charge in [-0.1, -0.05) is 41.1 Å². The van der Waals surface area contributed by atoms with Crippen LogP contribution in [0.4, 0.5) is 0 Å². The zero-order valence-corrected chi connectivity index (χ0v) is 17.4. The summed E-state index contributed by atoms with van der Waals surface area (Å²) in [5.41, 5.74) is 3.49. The van der Waals surface area contributed by atoms with E-state index in [0.29, 0.717) is 16.0 Å². The molecule has 0 atom stereocenters. The summed E-state index contributed by atoms with van der Waals surface area (Å²) in [5, 5.41) is 9.29. The second kappa shape index (κ2) is 7.75. The quantitative estimate of drug-likeness (QED) is 0.461. The Bertz CT molecular complexity index is 1150. The Balaban J connectivity index is 1.48. The van der Waals surface area contributed by atoms with Gasteiger partial charge in [0, 0.05) is 0 Å². The Morgan fingerprint density at radius 2 is 1.67 bits per heavy atom. The largest absolute Gasteiger partial charge is 0.343 e. The smallest absolute Gasteiger partial charge is 0.329 e. The summed E-state index contributed by atoms with van der Waals surface area (Å²) in [4.78, 5) is 42.0. The van der Waals surface area contributed by atoms with Crippen molar-refractivity contribution in [2.75, 3.05) is 5.75 Å². The van der Waals surface area contributed by atoms with Crippen molar-refractivity contribution in [2.24, 2.45) is 0 Å². The molecule has 8 nitrogen and oxygen atoms in total. The number of imide groups is 1. The minimum atomic E-state index is -0.734. The van der Waals surface area contributed by atoms with Crippen LogP contribution in [0, 0.1) is 20.8 Å². The van der Waals surface area contributed by atoms with Crippen molar-refractivity contribution in [3.8, 4) is 5.69 Å². The van der Waals surface area contributed by atoms with Crippen LogP contribution < -0.4 is 0 Å². The van der Waals surface area contributed by atoms with Gasteiger partial charge in [0.05, 0.1) is 16.8 Å². The highest BCUT2D eigenvalue weighted by Gasteiger charge is 2.38. The Labute approximate surface area is 176 Å². The van der Waals surface area contributed by atoms with Crippen LogP contribution in [0.3, 0.4) is 0 Å². The molecule has 0 N–H and O–H groups in total. The first kappa shape index (κ1) is 19.8. The lowest BCUT2D eigenvalue weighted by atomic mass is 10.1. The molecule has 0 bridgehead atoms. The van der Waals surface area contributed by atoms with E-state index in [-0.39, 0.29) is 16.9 Å². The summed E-state index contributed by atoms with van der Waals surface area (Å²) < 4.78 is 1.86. The third-order valence-electron chi connectivity index (χ3n) is 4.67. The Kier molecular flexibility index (Phi) is 5.13. The fourth-order valence-electron chi connectivity index (χ4n) is 3.18. The summed E-state index contributed by atoms with van der Waals surface area (Å²) >= 11 is 1.12. The number of fused-ring (bicyclic) bond motifs is 1. The second-order valence-corrected chi connectivity index (χ2v) is 7.80. The standard InChI is InChI=1S/C21H18N4O4S/c1-12-8-9-13(2)17(10-12)24-14(3)22-23-21(24)30-11-18(26)29-25-19(27)15-6-4-5-7-16(15)20(25)28/h4-10H,11H2,1-3H3. The van der Waals surface area contributed by atoms with Crippen molar-refractivity contribution >= 4 is 29.5 Å². The molecule has 152 valence electrons. The molecule has 0 unspecified atom stereocenters. The molecule has 30 heavy (non-hydrogen) atoms. The van der Waals surface area contributed by atoms with E-state index < -0.39 is 17.8 Å². The van der Waals surface area contributed by atoms with Gasteiger partial charge in [-0.2, -0.15) is 0 Å². The topological polar surface area (TPSA) is 94.4 Å². The molecule has 0 saturated carbocycles. The molecule has 0 saturated heterocycles. The lowest BCUT2D eigenvalue weighted by Crippen LogP contribution is -2.33. The summed E-state index contributed by atoms with van der Waals surface area (Å²) in [6, 6.07) is 12.4. The van der Waals surface area contributed by atoms with Crippen LogP contribution >= 0.6 is 11.8 Å². The lowest BCUT2D eigenvalue weighted by Gasteiger charge is -2.14. The number of thioether (sulfide) groups is 1. The molecule has 0 spiro atoms. The van der Waals surface area contributed by atoms with Gasteiger partial charge in [0.25, 0.3) is 11.8 Å². The molecule has 9 heteroatoms. The van der Waals surface area contributed by atoms with E-state index in [4.69, 9.17) is 4.84 Å². The number of aromatic nitrogens is 3. The lowest BCUT2D eigenvalue weighted by molar-refractivity contribution is -0.165. The fraction of sp³-hybridized carbons (Fsp3) is 0.190. The van der Waals surface area contributed by atoms with E-state index in [0.717, 1.165) is 28.6 Å². The maximum atomic E-state index is 12.3. The molecule has 3 aromatic rings. The van der Waals surface area contributed by atoms with Crippen molar-refractivity contribution in [2.45, 2.75) is 25.9 Å². The van der Waals surface area contributed by atoms with Gasteiger partial charge in [-0.3, -0.25) is 14.2 Å². The molecule has 1 aliphatic rings. The van der Waals surface area contributed by atoms with Gasteiger partial charge in [-0.25, -0.2) is 4.79 Å². The van der Waals surface area contributed by atoms with Gasteiger partial charge in [-0.15, -0.1) is 10.2 Å². The number of nitrogens with zero attached hydrogens (tertiary/aromatic N) is 4. The van der Waals surface area contributed by atoms with Crippen molar-refractivity contribution in [1.82, 2.24) is 19.8 Å². The maximum absolute atomic E-state index is 12.3. The van der Waals surface area contributed by atoms with Crippen LogP contribution in [0.5, 0.6) is 0 Å². The zero-order valence-electron chi connectivity index (χ0n) is 16.6. The van der Waals surface area contributed by atoms with Crippen molar-refractivity contribution in [3.05, 3.63) is 70.5 Å². The van der Waals surface area contributed by atoms with Crippen LogP contribution in [-0.4, -0.2) is 43.4 Å². The molecule has 1 aliphatic heterocycles. The molecular weight excluding hydrogens is 404 g/mol. The average Bonchev–Trinajstić information content (AvgIpc) is 3.21. The van der Waals surface area contributed by atoms with Gasteiger partial charge in [0.2, 0.25) is 0 Å². The number of carbonyl (C=O) groups excluding carboxylic acids is 3. The van der Waals surface area contributed by atoms with Crippen LogP contribution in [0.15, 0.2) is 47.6 Å². The van der Waals surface area contributed by atoms with E-state index in [1.807, 2.05) is 43.5 Å². The van der Waals surface area contributed by atoms with Crippen molar-refractivity contribution in [1.29, 1.82) is 0 Å². The van der Waals surface area contributed by atoms with Gasteiger partial charge >= 0.3 is 5.97 Å². The number of benzene rings is 2. The Hall–Kier alpha value is -3.46. The van der Waals surface area contributed by atoms with Gasteiger partial charge < -0.3 is 4.84 Å². The number of rotatable bonds is 5. The number of hydroxylamine groups is 2. The first-order valence-corrected chi connectivity index (χ1v) is 10.2. The van der Waals surface area contributed by atoms with Crippen molar-refractivity contribution in [3.63, 3.8) is 0 Å². The first-order valence-electron chi connectivity index (χ1n) is 9.18. The van der Waals surface area contributed by atoms with Gasteiger partial charge in [-0.05, 0) is 50.1 Å². The molecule has 1 aromatic heterocycles. The van der Waals surface area contributed by atoms with E-state index in [2.05, 4.69) is 10.2 Å². The third kappa shape index (κ3) is 3.48. The average molecular weight is 422 g/mol. The number of amides is 2. The Morgan fingerprint density at radius 3 is 2.33 bits per heavy atom. The predicted octanol–water partition coefficient (Wildman–Crippen LogP) is 3.04. The number of hydrogen-bond donors (Lipinski definition) is 0. The van der Waals surface area contributed by atoms with Crippen LogP contribution in [-0.2, 0) is 9.63 Å². The number of hydrogen-bond acceptors (Lipinski definition) is 7. The normalized spacial score (nSPS) is 13.0. The molecule has 0 radical (unpaired) electrons. The summed E-state index contributed by atoms with van der Waals surface area (Å²) in [5.74, 6) is -1.49. The fourth-order valence-corrected chi connectivity index (χ4v) is 3.93. The minimum Gasteiger partial charge on any atom is -0.329 e. The highest BCUT2D eigenvalue weighted by atomic mass is 32.2. The van der Waals surface area contributed by atoms with E-state index in [1.54, 1.807) is 12.1 Å². The van der Waals surface area contributed by atoms with E-state index >= 15 is 0 Å². The zero-order chi connectivity index (χ0) is 21.4. The molecule has 0 fully saturated rings. The summed E-state index contributed by atoms with van der Waals surface area (Å²) in [6.45, 7) is 5.81. The molecule has 2 amide bonds. The van der Waals surface area contributed by atoms with Crippen LogP contribution in [0.2, 0.25) is 0 Å². The first-order chi connectivity index (χ1) is 14.4. The molecule has 2 heterocycles. The maximum Gasteiger partial charge on any atom is 0.343 e. The van der Waals surface area contributed by atoms with Crippen LogP contribution in [0.25, 0.3) is 5.69 Å². The third-order valence-corrected chi connectivity index (χ3v) is 5.57. The highest BCUT2D eigenvalue weighted by molar-refractivity contribution is 7.99. The number of carbonyl (C=O) groups is 3. The predicted molar refractivity (Wildman–Crippen MR) is 109 cm³/mol. The van der Waals surface area contributed by atoms with Gasteiger partial charge in [0.15, 0.2) is 5.16 Å². The molecule has 4 rings (SSSR count). The van der Waals surface area contributed by atoms with Gasteiger partial charge in [0.1, 0.15) is 11.6 Å². The highest BCUT2D eigenvalue weighted by Crippen LogP contribution is 2.26.